The Morgan fingerprint density at radius 1 is 1.12 bits per heavy atom. The number of sulfonamides is 1. The van der Waals surface area contributed by atoms with Crippen LogP contribution in [0.2, 0.25) is 0 Å². The number of nitrogens with zero attached hydrogens (tertiary/aromatic N) is 2. The minimum atomic E-state index is -3.86. The SMILES string of the molecule is Cc1cc(NS(=O)(=O)c2ccc(C(F)F)cc2)cnc1N1CCCCC1. The average Bonchev–Trinajstić information content (AvgIpc) is 2.62. The fourth-order valence-corrected chi connectivity index (χ4v) is 4.10. The van der Waals surface area contributed by atoms with Crippen LogP contribution in [0.4, 0.5) is 20.3 Å². The third kappa shape index (κ3) is 4.12. The van der Waals surface area contributed by atoms with E-state index in [1.807, 2.05) is 6.92 Å². The van der Waals surface area contributed by atoms with E-state index in [4.69, 9.17) is 0 Å². The summed E-state index contributed by atoms with van der Waals surface area (Å²) in [6.07, 6.45) is 2.34. The van der Waals surface area contributed by atoms with Crippen molar-refractivity contribution in [2.24, 2.45) is 0 Å². The normalized spacial score (nSPS) is 15.3. The van der Waals surface area contributed by atoms with Gasteiger partial charge in [0.1, 0.15) is 5.82 Å². The number of alkyl halides is 2. The van der Waals surface area contributed by atoms with Crippen molar-refractivity contribution in [3.05, 3.63) is 47.7 Å². The van der Waals surface area contributed by atoms with E-state index in [9.17, 15) is 17.2 Å². The van der Waals surface area contributed by atoms with E-state index in [0.29, 0.717) is 5.69 Å². The molecular weight excluding hydrogens is 360 g/mol. The minimum Gasteiger partial charge on any atom is -0.356 e. The molecule has 0 unspecified atom stereocenters. The molecule has 0 spiro atoms. The van der Waals surface area contributed by atoms with Gasteiger partial charge in [0.2, 0.25) is 0 Å². The fraction of sp³-hybridized carbons (Fsp3) is 0.389. The molecule has 5 nitrogen and oxygen atoms in total. The van der Waals surface area contributed by atoms with E-state index in [2.05, 4.69) is 14.6 Å². The van der Waals surface area contributed by atoms with Gasteiger partial charge in [0.05, 0.1) is 16.8 Å². The predicted octanol–water partition coefficient (Wildman–Crippen LogP) is 4.12. The topological polar surface area (TPSA) is 62.3 Å². The monoisotopic (exact) mass is 381 g/mol. The van der Waals surface area contributed by atoms with Crippen molar-refractivity contribution < 1.29 is 17.2 Å². The van der Waals surface area contributed by atoms with Crippen LogP contribution < -0.4 is 9.62 Å². The molecule has 2 aromatic rings. The van der Waals surface area contributed by atoms with Gasteiger partial charge >= 0.3 is 0 Å². The van der Waals surface area contributed by atoms with Gasteiger partial charge in [-0.05, 0) is 49.9 Å². The predicted molar refractivity (Wildman–Crippen MR) is 97.2 cm³/mol. The lowest BCUT2D eigenvalue weighted by atomic mass is 10.1. The van der Waals surface area contributed by atoms with Crippen molar-refractivity contribution in [2.75, 3.05) is 22.7 Å². The van der Waals surface area contributed by atoms with Crippen LogP contribution in [0.5, 0.6) is 0 Å². The van der Waals surface area contributed by atoms with Gasteiger partial charge in [-0.3, -0.25) is 4.72 Å². The smallest absolute Gasteiger partial charge is 0.263 e. The van der Waals surface area contributed by atoms with Crippen molar-refractivity contribution in [1.82, 2.24) is 4.98 Å². The maximum Gasteiger partial charge on any atom is 0.263 e. The summed E-state index contributed by atoms with van der Waals surface area (Å²) in [6.45, 7) is 3.80. The second-order valence-electron chi connectivity index (χ2n) is 6.39. The zero-order chi connectivity index (χ0) is 18.7. The summed E-state index contributed by atoms with van der Waals surface area (Å²) in [4.78, 5) is 6.56. The van der Waals surface area contributed by atoms with Gasteiger partial charge in [-0.2, -0.15) is 0 Å². The van der Waals surface area contributed by atoms with Crippen LogP contribution in [0.1, 0.15) is 36.8 Å². The van der Waals surface area contributed by atoms with E-state index in [0.717, 1.165) is 49.4 Å². The van der Waals surface area contributed by atoms with E-state index >= 15 is 0 Å². The summed E-state index contributed by atoms with van der Waals surface area (Å²) in [7, 11) is -3.86. The van der Waals surface area contributed by atoms with Crippen molar-refractivity contribution in [1.29, 1.82) is 0 Å². The number of pyridine rings is 1. The lowest BCUT2D eigenvalue weighted by Gasteiger charge is -2.29. The van der Waals surface area contributed by atoms with Gasteiger partial charge in [0.15, 0.2) is 0 Å². The van der Waals surface area contributed by atoms with Crippen LogP contribution in [0.25, 0.3) is 0 Å². The number of anilines is 2. The Kier molecular flexibility index (Phi) is 5.41. The molecule has 26 heavy (non-hydrogen) atoms. The number of hydrogen-bond donors (Lipinski definition) is 1. The molecule has 0 radical (unpaired) electrons. The highest BCUT2D eigenvalue weighted by Gasteiger charge is 2.18. The standard InChI is InChI=1S/C18H21F2N3O2S/c1-13-11-15(12-21-18(13)23-9-3-2-4-10-23)22-26(24,25)16-7-5-14(6-8-16)17(19)20/h5-8,11-12,17,22H,2-4,9-10H2,1H3. The second kappa shape index (κ2) is 7.57. The highest BCUT2D eigenvalue weighted by Crippen LogP contribution is 2.25. The van der Waals surface area contributed by atoms with Crippen LogP contribution in [-0.2, 0) is 10.0 Å². The third-order valence-electron chi connectivity index (χ3n) is 4.40. The molecule has 140 valence electrons. The molecule has 1 aliphatic rings. The molecule has 1 saturated heterocycles. The molecule has 1 aromatic heterocycles. The highest BCUT2D eigenvalue weighted by atomic mass is 32.2. The van der Waals surface area contributed by atoms with Gasteiger partial charge in [-0.25, -0.2) is 22.2 Å². The van der Waals surface area contributed by atoms with E-state index in [-0.39, 0.29) is 10.5 Å². The highest BCUT2D eigenvalue weighted by molar-refractivity contribution is 7.92. The maximum atomic E-state index is 12.6. The lowest BCUT2D eigenvalue weighted by molar-refractivity contribution is 0.151. The van der Waals surface area contributed by atoms with Gasteiger partial charge in [0, 0.05) is 18.7 Å². The summed E-state index contributed by atoms with van der Waals surface area (Å²) >= 11 is 0. The van der Waals surface area contributed by atoms with Crippen LogP contribution in [0.15, 0.2) is 41.4 Å². The largest absolute Gasteiger partial charge is 0.356 e. The Morgan fingerprint density at radius 2 is 1.77 bits per heavy atom. The molecule has 8 heteroatoms. The molecule has 1 fully saturated rings. The van der Waals surface area contributed by atoms with Gasteiger partial charge in [-0.1, -0.05) is 12.1 Å². The summed E-state index contributed by atoms with van der Waals surface area (Å²) in [5.41, 5.74) is 1.02. The van der Waals surface area contributed by atoms with Crippen molar-refractivity contribution in [2.45, 2.75) is 37.5 Å². The summed E-state index contributed by atoms with van der Waals surface area (Å²) in [5.74, 6) is 0.869. The van der Waals surface area contributed by atoms with Crippen molar-refractivity contribution in [3.63, 3.8) is 0 Å². The first-order valence-electron chi connectivity index (χ1n) is 8.49. The van der Waals surface area contributed by atoms with Crippen LogP contribution >= 0.6 is 0 Å². The number of benzene rings is 1. The van der Waals surface area contributed by atoms with E-state index < -0.39 is 16.4 Å². The number of rotatable bonds is 5. The zero-order valence-electron chi connectivity index (χ0n) is 14.5. The lowest BCUT2D eigenvalue weighted by Crippen LogP contribution is -2.30. The molecule has 0 amide bonds. The van der Waals surface area contributed by atoms with Crippen LogP contribution in [0.3, 0.4) is 0 Å². The van der Waals surface area contributed by atoms with Crippen LogP contribution in [-0.4, -0.2) is 26.5 Å². The van der Waals surface area contributed by atoms with Crippen molar-refractivity contribution in [3.8, 4) is 0 Å². The fourth-order valence-electron chi connectivity index (χ4n) is 3.07. The van der Waals surface area contributed by atoms with Gasteiger partial charge < -0.3 is 4.90 Å². The maximum absolute atomic E-state index is 12.6. The number of hydrogen-bond acceptors (Lipinski definition) is 4. The summed E-state index contributed by atoms with van der Waals surface area (Å²) in [6, 6.07) is 6.31. The Hall–Kier alpha value is -2.22. The first-order chi connectivity index (χ1) is 12.4. The Bertz CT molecular complexity index is 865. The summed E-state index contributed by atoms with van der Waals surface area (Å²) in [5, 5.41) is 0. The molecule has 0 bridgehead atoms. The Balaban J connectivity index is 1.78. The van der Waals surface area contributed by atoms with Gasteiger partial charge in [0.25, 0.3) is 16.4 Å². The first-order valence-corrected chi connectivity index (χ1v) is 9.98. The molecule has 0 aliphatic carbocycles. The number of aromatic nitrogens is 1. The van der Waals surface area contributed by atoms with E-state index in [1.165, 1.54) is 24.8 Å². The molecule has 2 heterocycles. The quantitative estimate of drug-likeness (QED) is 0.846. The third-order valence-corrected chi connectivity index (χ3v) is 5.80. The number of piperidine rings is 1. The molecule has 1 N–H and O–H groups in total. The second-order valence-corrected chi connectivity index (χ2v) is 8.07. The molecule has 3 rings (SSSR count). The minimum absolute atomic E-state index is 0.0698. The number of nitrogens with one attached hydrogen (secondary N) is 1. The van der Waals surface area contributed by atoms with Crippen molar-refractivity contribution >= 4 is 21.5 Å². The molecule has 1 aromatic carbocycles. The molecular formula is C18H21F2N3O2S. The van der Waals surface area contributed by atoms with Crippen LogP contribution in [0, 0.1) is 6.92 Å². The zero-order valence-corrected chi connectivity index (χ0v) is 15.3. The number of halogens is 2. The first kappa shape index (κ1) is 18.6. The Morgan fingerprint density at radius 3 is 2.35 bits per heavy atom. The molecule has 0 saturated carbocycles. The number of aryl methyl sites for hydroxylation is 1. The molecule has 0 atom stereocenters. The summed E-state index contributed by atoms with van der Waals surface area (Å²) < 4.78 is 52.5. The van der Waals surface area contributed by atoms with Gasteiger partial charge in [-0.15, -0.1) is 0 Å². The average molecular weight is 381 g/mol. The molecule has 1 aliphatic heterocycles. The van der Waals surface area contributed by atoms with E-state index in [1.54, 1.807) is 6.07 Å². The Labute approximate surface area is 152 Å².